The number of hydrogen-bond donors (Lipinski definition) is 1. The molecule has 1 N–H and O–H groups in total. The topological polar surface area (TPSA) is 49.4 Å². The zero-order valence-electron chi connectivity index (χ0n) is 15.6. The van der Waals surface area contributed by atoms with Gasteiger partial charge in [0.05, 0.1) is 10.5 Å². The van der Waals surface area contributed by atoms with Crippen molar-refractivity contribution in [2.45, 2.75) is 17.6 Å². The van der Waals surface area contributed by atoms with Crippen molar-refractivity contribution in [3.63, 3.8) is 0 Å². The van der Waals surface area contributed by atoms with E-state index in [-0.39, 0.29) is 4.90 Å². The molecule has 0 spiro atoms. The molecule has 0 aliphatic carbocycles. The van der Waals surface area contributed by atoms with Crippen LogP contribution in [0.2, 0.25) is 0 Å². The van der Waals surface area contributed by atoms with E-state index >= 15 is 0 Å². The van der Waals surface area contributed by atoms with Crippen LogP contribution in [0.5, 0.6) is 0 Å². The molecule has 0 amide bonds. The lowest BCUT2D eigenvalue weighted by molar-refractivity contribution is -0.140. The predicted molar refractivity (Wildman–Crippen MR) is 104 cm³/mol. The minimum Gasteiger partial charge on any atom is -0.377 e. The minimum absolute atomic E-state index is 0.0360. The fourth-order valence-electron chi connectivity index (χ4n) is 3.07. The fourth-order valence-corrected chi connectivity index (χ4v) is 4.30. The van der Waals surface area contributed by atoms with E-state index in [1.54, 1.807) is 24.3 Å². The monoisotopic (exact) mass is 426 g/mol. The molecule has 0 saturated heterocycles. The quantitative estimate of drug-likeness (QED) is 0.610. The number of nitrogens with one attached hydrogen (secondary N) is 1. The summed E-state index contributed by atoms with van der Waals surface area (Å²) in [4.78, 5) is 1.80. The summed E-state index contributed by atoms with van der Waals surface area (Å²) in [6.07, 6.45) is -4.86. The van der Waals surface area contributed by atoms with Crippen LogP contribution in [-0.4, -0.2) is 22.5 Å². The number of rotatable bonds is 5. The Labute approximate surface area is 165 Å². The Hall–Kier alpha value is -2.65. The molecule has 0 aromatic heterocycles. The van der Waals surface area contributed by atoms with Gasteiger partial charge in [0.15, 0.2) is 0 Å². The van der Waals surface area contributed by atoms with Gasteiger partial charge in [-0.25, -0.2) is 17.5 Å². The van der Waals surface area contributed by atoms with Gasteiger partial charge >= 0.3 is 6.18 Å². The Morgan fingerprint density at radius 2 is 1.55 bits per heavy atom. The first-order valence-electron chi connectivity index (χ1n) is 8.55. The van der Waals surface area contributed by atoms with Crippen molar-refractivity contribution in [3.05, 3.63) is 71.5 Å². The molecule has 0 bridgehead atoms. The Morgan fingerprint density at radius 1 is 0.931 bits per heavy atom. The molecular formula is C20H18F4N2O2S. The number of sulfonamides is 1. The third-order valence-corrected chi connectivity index (χ3v) is 5.93. The predicted octanol–water partition coefficient (Wildman–Crippen LogP) is 4.54. The highest BCUT2D eigenvalue weighted by atomic mass is 32.2. The summed E-state index contributed by atoms with van der Waals surface area (Å²) in [6.45, 7) is -0.609. The fraction of sp³-hybridized carbons (Fsp3) is 0.200. The molecule has 3 aromatic carbocycles. The Morgan fingerprint density at radius 3 is 2.21 bits per heavy atom. The Bertz CT molecular complexity index is 1160. The molecule has 4 nitrogen and oxygen atoms in total. The average Bonchev–Trinajstić information content (AvgIpc) is 2.65. The lowest BCUT2D eigenvalue weighted by Crippen LogP contribution is -2.24. The highest BCUT2D eigenvalue weighted by Crippen LogP contribution is 2.33. The van der Waals surface area contributed by atoms with E-state index in [9.17, 15) is 26.0 Å². The van der Waals surface area contributed by atoms with Crippen molar-refractivity contribution in [1.29, 1.82) is 0 Å². The number of nitrogens with zero attached hydrogens (tertiary/aromatic N) is 1. The molecule has 3 rings (SSSR count). The van der Waals surface area contributed by atoms with Gasteiger partial charge in [-0.3, -0.25) is 0 Å². The zero-order valence-corrected chi connectivity index (χ0v) is 16.4. The first kappa shape index (κ1) is 21.1. The van der Waals surface area contributed by atoms with Crippen LogP contribution < -0.4 is 9.62 Å². The molecule has 0 unspecified atom stereocenters. The van der Waals surface area contributed by atoms with Crippen LogP contribution >= 0.6 is 0 Å². The van der Waals surface area contributed by atoms with E-state index in [1.165, 1.54) is 6.07 Å². The molecule has 0 radical (unpaired) electrons. The van der Waals surface area contributed by atoms with Crippen molar-refractivity contribution in [2.24, 2.45) is 0 Å². The minimum atomic E-state index is -4.86. The molecule has 0 atom stereocenters. The Kier molecular flexibility index (Phi) is 5.55. The van der Waals surface area contributed by atoms with Crippen LogP contribution in [0.1, 0.15) is 11.1 Å². The molecule has 0 saturated carbocycles. The van der Waals surface area contributed by atoms with Gasteiger partial charge in [-0.15, -0.1) is 0 Å². The van der Waals surface area contributed by atoms with E-state index in [1.807, 2.05) is 25.1 Å². The standard InChI is InChI=1S/C20H18F4N2O2S/c1-26(2)17-10-4-8-15-14(17)7-5-11-18(15)29(27,28)25-12-13-6-3-9-16(19(13)21)20(22,23)24/h3-11,25H,12H2,1-2H3. The number of fused-ring (bicyclic) bond motifs is 1. The summed E-state index contributed by atoms with van der Waals surface area (Å²) in [5.74, 6) is -1.49. The third kappa shape index (κ3) is 4.20. The van der Waals surface area contributed by atoms with Crippen molar-refractivity contribution in [1.82, 2.24) is 4.72 Å². The van der Waals surface area contributed by atoms with Crippen molar-refractivity contribution in [2.75, 3.05) is 19.0 Å². The number of alkyl halides is 3. The summed E-state index contributed by atoms with van der Waals surface area (Å²) in [7, 11) is -0.461. The molecule has 0 heterocycles. The number of hydrogen-bond acceptors (Lipinski definition) is 3. The van der Waals surface area contributed by atoms with E-state index in [0.29, 0.717) is 16.8 Å². The number of anilines is 1. The molecule has 9 heteroatoms. The van der Waals surface area contributed by atoms with Crippen molar-refractivity contribution < 1.29 is 26.0 Å². The van der Waals surface area contributed by atoms with Gasteiger partial charge in [-0.2, -0.15) is 13.2 Å². The van der Waals surface area contributed by atoms with E-state index < -0.39 is 39.7 Å². The van der Waals surface area contributed by atoms with Gasteiger partial charge < -0.3 is 4.90 Å². The highest BCUT2D eigenvalue weighted by molar-refractivity contribution is 7.89. The second-order valence-electron chi connectivity index (χ2n) is 6.62. The van der Waals surface area contributed by atoms with Crippen LogP contribution in [0.3, 0.4) is 0 Å². The first-order chi connectivity index (χ1) is 13.5. The first-order valence-corrected chi connectivity index (χ1v) is 10.0. The summed E-state index contributed by atoms with van der Waals surface area (Å²) >= 11 is 0. The van der Waals surface area contributed by atoms with Crippen LogP contribution in [0.25, 0.3) is 10.8 Å². The van der Waals surface area contributed by atoms with Crippen molar-refractivity contribution >= 4 is 26.5 Å². The van der Waals surface area contributed by atoms with Gasteiger partial charge in [-0.1, -0.05) is 36.4 Å². The summed E-state index contributed by atoms with van der Waals surface area (Å²) < 4.78 is 80.6. The molecule has 0 fully saturated rings. The molecular weight excluding hydrogens is 408 g/mol. The molecule has 3 aromatic rings. The van der Waals surface area contributed by atoms with E-state index in [0.717, 1.165) is 17.8 Å². The second-order valence-corrected chi connectivity index (χ2v) is 8.36. The smallest absolute Gasteiger partial charge is 0.377 e. The average molecular weight is 426 g/mol. The molecule has 0 aliphatic heterocycles. The van der Waals surface area contributed by atoms with Crippen LogP contribution in [0.4, 0.5) is 23.2 Å². The molecule has 154 valence electrons. The van der Waals surface area contributed by atoms with E-state index in [4.69, 9.17) is 0 Å². The lowest BCUT2D eigenvalue weighted by Gasteiger charge is -2.17. The Balaban J connectivity index is 1.97. The normalized spacial score (nSPS) is 12.3. The maximum atomic E-state index is 14.2. The van der Waals surface area contributed by atoms with Gasteiger partial charge in [-0.05, 0) is 18.2 Å². The van der Waals surface area contributed by atoms with E-state index in [2.05, 4.69) is 4.72 Å². The SMILES string of the molecule is CN(C)c1cccc2c(S(=O)(=O)NCc3cccc(C(F)(F)F)c3F)cccc12. The van der Waals surface area contributed by atoms with Gasteiger partial charge in [0.2, 0.25) is 10.0 Å². The number of benzene rings is 3. The highest BCUT2D eigenvalue weighted by Gasteiger charge is 2.34. The second kappa shape index (κ2) is 7.64. The maximum absolute atomic E-state index is 14.2. The summed E-state index contributed by atoms with van der Waals surface area (Å²) in [6, 6.07) is 12.7. The van der Waals surface area contributed by atoms with Crippen LogP contribution in [-0.2, 0) is 22.7 Å². The van der Waals surface area contributed by atoms with Gasteiger partial charge in [0, 0.05) is 42.7 Å². The zero-order chi connectivity index (χ0) is 21.4. The summed E-state index contributed by atoms with van der Waals surface area (Å²) in [5, 5.41) is 1.15. The molecule has 29 heavy (non-hydrogen) atoms. The summed E-state index contributed by atoms with van der Waals surface area (Å²) in [5.41, 5.74) is -1.02. The van der Waals surface area contributed by atoms with Gasteiger partial charge in [0.25, 0.3) is 0 Å². The van der Waals surface area contributed by atoms with Crippen LogP contribution in [0, 0.1) is 5.82 Å². The maximum Gasteiger partial charge on any atom is 0.419 e. The van der Waals surface area contributed by atoms with Crippen LogP contribution in [0.15, 0.2) is 59.5 Å². The number of halogens is 4. The third-order valence-electron chi connectivity index (χ3n) is 4.47. The van der Waals surface area contributed by atoms with Crippen molar-refractivity contribution in [3.8, 4) is 0 Å². The van der Waals surface area contributed by atoms with Gasteiger partial charge in [0.1, 0.15) is 5.82 Å². The lowest BCUT2D eigenvalue weighted by atomic mass is 10.1. The largest absolute Gasteiger partial charge is 0.419 e. The molecule has 0 aliphatic rings.